The molecule has 0 aliphatic rings. The van der Waals surface area contributed by atoms with E-state index in [0.29, 0.717) is 10.8 Å². The van der Waals surface area contributed by atoms with E-state index in [1.54, 1.807) is 25.1 Å². The number of ether oxygens (including phenoxy) is 2. The molecule has 0 N–H and O–H groups in total. The monoisotopic (exact) mass is 292 g/mol. The van der Waals surface area contributed by atoms with Gasteiger partial charge in [0, 0.05) is 4.47 Å². The number of carbonyl (C=O) groups is 1. The Kier molecular flexibility index (Phi) is 4.42. The van der Waals surface area contributed by atoms with E-state index in [-0.39, 0.29) is 0 Å². The molecule has 15 heavy (non-hydrogen) atoms. The Balaban J connectivity index is 2.73. The second-order valence-corrected chi connectivity index (χ2v) is 4.12. The maximum absolute atomic E-state index is 11.1. The highest BCUT2D eigenvalue weighted by molar-refractivity contribution is 9.10. The van der Waals surface area contributed by atoms with Crippen LogP contribution in [0, 0.1) is 0 Å². The Morgan fingerprint density at radius 1 is 1.53 bits per heavy atom. The van der Waals surface area contributed by atoms with Crippen LogP contribution in [0.25, 0.3) is 0 Å². The van der Waals surface area contributed by atoms with Crippen LogP contribution in [0.1, 0.15) is 6.92 Å². The molecule has 5 heteroatoms. The maximum Gasteiger partial charge on any atom is 0.346 e. The van der Waals surface area contributed by atoms with Crippen molar-refractivity contribution in [3.8, 4) is 5.75 Å². The predicted octanol–water partition coefficient (Wildman–Crippen LogP) is 3.04. The number of hydrogen-bond acceptors (Lipinski definition) is 3. The van der Waals surface area contributed by atoms with Gasteiger partial charge < -0.3 is 9.47 Å². The molecule has 1 aromatic carbocycles. The molecule has 1 rings (SSSR count). The first-order valence-corrected chi connectivity index (χ1v) is 5.41. The normalized spacial score (nSPS) is 12.0. The van der Waals surface area contributed by atoms with E-state index in [0.717, 1.165) is 4.47 Å². The molecule has 0 saturated carbocycles. The molecule has 0 amide bonds. The van der Waals surface area contributed by atoms with Crippen LogP contribution in [-0.4, -0.2) is 19.2 Å². The van der Waals surface area contributed by atoms with Gasteiger partial charge in [-0.05, 0) is 41.1 Å². The summed E-state index contributed by atoms with van der Waals surface area (Å²) >= 11 is 9.07. The zero-order valence-corrected chi connectivity index (χ0v) is 10.6. The maximum atomic E-state index is 11.1. The topological polar surface area (TPSA) is 35.5 Å². The number of carbonyl (C=O) groups excluding carboxylic acids is 1. The van der Waals surface area contributed by atoms with Crippen LogP contribution in [0.4, 0.5) is 0 Å². The van der Waals surface area contributed by atoms with E-state index in [4.69, 9.17) is 16.3 Å². The lowest BCUT2D eigenvalue weighted by Crippen LogP contribution is -2.24. The molecular formula is C10H10BrClO3. The van der Waals surface area contributed by atoms with E-state index in [1.165, 1.54) is 7.11 Å². The fourth-order valence-corrected chi connectivity index (χ4v) is 1.44. The van der Waals surface area contributed by atoms with Crippen molar-refractivity contribution in [2.24, 2.45) is 0 Å². The van der Waals surface area contributed by atoms with Gasteiger partial charge in [-0.15, -0.1) is 0 Å². The fraction of sp³-hybridized carbons (Fsp3) is 0.300. The molecule has 0 aromatic heterocycles. The summed E-state index contributed by atoms with van der Waals surface area (Å²) in [5, 5.41) is 0.591. The zero-order valence-electron chi connectivity index (χ0n) is 8.29. The van der Waals surface area contributed by atoms with Crippen molar-refractivity contribution in [1.82, 2.24) is 0 Å². The third-order valence-corrected chi connectivity index (χ3v) is 2.95. The lowest BCUT2D eigenvalue weighted by Gasteiger charge is -2.12. The third kappa shape index (κ3) is 3.39. The van der Waals surface area contributed by atoms with Gasteiger partial charge in [0.15, 0.2) is 6.10 Å². The van der Waals surface area contributed by atoms with Crippen LogP contribution in [0.15, 0.2) is 22.7 Å². The molecule has 82 valence electrons. The molecule has 0 spiro atoms. The molecule has 1 atom stereocenters. The highest BCUT2D eigenvalue weighted by Gasteiger charge is 2.14. The van der Waals surface area contributed by atoms with Gasteiger partial charge in [-0.25, -0.2) is 4.79 Å². The van der Waals surface area contributed by atoms with E-state index in [9.17, 15) is 4.79 Å². The van der Waals surface area contributed by atoms with Gasteiger partial charge >= 0.3 is 5.97 Å². The molecule has 0 heterocycles. The van der Waals surface area contributed by atoms with Gasteiger partial charge in [0.2, 0.25) is 0 Å². The van der Waals surface area contributed by atoms with Crippen molar-refractivity contribution in [3.63, 3.8) is 0 Å². The summed E-state index contributed by atoms with van der Waals surface area (Å²) in [6.07, 6.45) is -0.636. The Morgan fingerprint density at radius 2 is 2.20 bits per heavy atom. The summed E-state index contributed by atoms with van der Waals surface area (Å²) in [4.78, 5) is 11.1. The second-order valence-electron chi connectivity index (χ2n) is 2.86. The van der Waals surface area contributed by atoms with Gasteiger partial charge in [0.1, 0.15) is 5.75 Å². The summed E-state index contributed by atoms with van der Waals surface area (Å²) in [7, 11) is 1.32. The zero-order chi connectivity index (χ0) is 11.4. The van der Waals surface area contributed by atoms with Crippen molar-refractivity contribution in [2.75, 3.05) is 7.11 Å². The Morgan fingerprint density at radius 3 is 2.73 bits per heavy atom. The van der Waals surface area contributed by atoms with Crippen molar-refractivity contribution < 1.29 is 14.3 Å². The van der Waals surface area contributed by atoms with E-state index < -0.39 is 12.1 Å². The van der Waals surface area contributed by atoms with E-state index >= 15 is 0 Å². The summed E-state index contributed by atoms with van der Waals surface area (Å²) in [5.41, 5.74) is 0. The van der Waals surface area contributed by atoms with Crippen LogP contribution in [0.5, 0.6) is 5.75 Å². The quantitative estimate of drug-likeness (QED) is 0.804. The van der Waals surface area contributed by atoms with Gasteiger partial charge in [0.25, 0.3) is 0 Å². The second kappa shape index (κ2) is 5.37. The van der Waals surface area contributed by atoms with Crippen LogP contribution < -0.4 is 4.74 Å². The number of rotatable bonds is 3. The molecule has 0 aliphatic heterocycles. The molecular weight excluding hydrogens is 283 g/mol. The number of esters is 1. The van der Waals surface area contributed by atoms with E-state index in [1.807, 2.05) is 0 Å². The number of hydrogen-bond donors (Lipinski definition) is 0. The number of methoxy groups -OCH3 is 1. The first-order chi connectivity index (χ1) is 7.04. The minimum Gasteiger partial charge on any atom is -0.479 e. The summed E-state index contributed by atoms with van der Waals surface area (Å²) in [6.45, 7) is 1.62. The average Bonchev–Trinajstić information content (AvgIpc) is 2.22. The molecule has 0 radical (unpaired) electrons. The van der Waals surface area contributed by atoms with Crippen molar-refractivity contribution in [2.45, 2.75) is 13.0 Å². The minimum absolute atomic E-state index is 0.416. The Labute approximate surface area is 101 Å². The van der Waals surface area contributed by atoms with E-state index in [2.05, 4.69) is 20.7 Å². The van der Waals surface area contributed by atoms with Gasteiger partial charge in [-0.2, -0.15) is 0 Å². The lowest BCUT2D eigenvalue weighted by atomic mass is 10.3. The number of halogens is 2. The van der Waals surface area contributed by atoms with Crippen molar-refractivity contribution >= 4 is 33.5 Å². The molecule has 1 unspecified atom stereocenters. The first-order valence-electron chi connectivity index (χ1n) is 4.24. The SMILES string of the molecule is COC(=O)C(C)Oc1ccc(Cl)c(Br)c1. The van der Waals surface area contributed by atoms with Crippen LogP contribution in [-0.2, 0) is 9.53 Å². The van der Waals surface area contributed by atoms with Crippen LogP contribution >= 0.6 is 27.5 Å². The van der Waals surface area contributed by atoms with Gasteiger partial charge in [-0.3, -0.25) is 0 Å². The average molecular weight is 294 g/mol. The van der Waals surface area contributed by atoms with Crippen LogP contribution in [0.3, 0.4) is 0 Å². The predicted molar refractivity (Wildman–Crippen MR) is 61.3 cm³/mol. The summed E-state index contributed by atoms with van der Waals surface area (Å²) < 4.78 is 10.6. The fourth-order valence-electron chi connectivity index (χ4n) is 0.968. The lowest BCUT2D eigenvalue weighted by molar-refractivity contribution is -0.147. The van der Waals surface area contributed by atoms with Crippen molar-refractivity contribution in [1.29, 1.82) is 0 Å². The van der Waals surface area contributed by atoms with Gasteiger partial charge in [-0.1, -0.05) is 11.6 Å². The molecule has 0 saturated heterocycles. The standard InChI is InChI=1S/C10H10BrClO3/c1-6(10(13)14-2)15-7-3-4-9(12)8(11)5-7/h3-6H,1-2H3. The summed E-state index contributed by atoms with van der Waals surface area (Å²) in [6, 6.07) is 5.07. The molecule has 3 nitrogen and oxygen atoms in total. The third-order valence-electron chi connectivity index (χ3n) is 1.74. The van der Waals surface area contributed by atoms with Crippen molar-refractivity contribution in [3.05, 3.63) is 27.7 Å². The smallest absolute Gasteiger partial charge is 0.346 e. The molecule has 0 bridgehead atoms. The highest BCUT2D eigenvalue weighted by atomic mass is 79.9. The molecule has 0 aliphatic carbocycles. The minimum atomic E-state index is -0.636. The molecule has 0 fully saturated rings. The van der Waals surface area contributed by atoms with Crippen LogP contribution in [0.2, 0.25) is 5.02 Å². The number of benzene rings is 1. The van der Waals surface area contributed by atoms with Gasteiger partial charge in [0.05, 0.1) is 12.1 Å². The Bertz CT molecular complexity index is 368. The first kappa shape index (κ1) is 12.3. The Hall–Kier alpha value is -0.740. The molecule has 1 aromatic rings. The largest absolute Gasteiger partial charge is 0.479 e. The highest BCUT2D eigenvalue weighted by Crippen LogP contribution is 2.27. The summed E-state index contributed by atoms with van der Waals surface area (Å²) in [5.74, 6) is 0.144.